The van der Waals surface area contributed by atoms with Crippen LogP contribution in [0.25, 0.3) is 0 Å². The summed E-state index contributed by atoms with van der Waals surface area (Å²) < 4.78 is 27.9. The molecule has 3 N–H and O–H groups in total. The predicted molar refractivity (Wildman–Crippen MR) is 157 cm³/mol. The maximum Gasteiger partial charge on any atom is 0.251 e. The molecule has 0 fully saturated rings. The highest BCUT2D eigenvalue weighted by molar-refractivity contribution is 5.94. The Balaban J connectivity index is 1.75. The van der Waals surface area contributed by atoms with Gasteiger partial charge in [0.25, 0.3) is 5.91 Å². The van der Waals surface area contributed by atoms with Crippen molar-refractivity contribution in [1.29, 1.82) is 0 Å². The van der Waals surface area contributed by atoms with E-state index in [9.17, 15) is 18.7 Å². The van der Waals surface area contributed by atoms with Gasteiger partial charge in [0, 0.05) is 37.8 Å². The van der Waals surface area contributed by atoms with Crippen LogP contribution < -0.4 is 10.6 Å². The standard InChI is InChI=1S/C33H43F2N3O2/c1-6-24-8-7-9-25(12-24)18-36-19-32(39)31(16-26-14-29(34)17-30(35)15-26)37-33(40)28-11-23(4)10-27(13-28)21-38(5)20-22(2)3/h7-15,17,22,31-32,36,39H,6,16,18-21H2,1-5H3,(H,37,40)/t31-,32-/m0/s1. The molecule has 5 nitrogen and oxygen atoms in total. The van der Waals surface area contributed by atoms with Gasteiger partial charge in [-0.1, -0.05) is 56.7 Å². The lowest BCUT2D eigenvalue weighted by Gasteiger charge is -2.25. The number of hydrogen-bond acceptors (Lipinski definition) is 4. The molecule has 1 amide bonds. The second-order valence-electron chi connectivity index (χ2n) is 11.2. The van der Waals surface area contributed by atoms with E-state index in [2.05, 4.69) is 61.6 Å². The van der Waals surface area contributed by atoms with Gasteiger partial charge in [0.05, 0.1) is 12.1 Å². The second kappa shape index (κ2) is 15.0. The van der Waals surface area contributed by atoms with Crippen molar-refractivity contribution in [3.8, 4) is 0 Å². The van der Waals surface area contributed by atoms with E-state index in [1.807, 2.05) is 31.2 Å². The zero-order chi connectivity index (χ0) is 29.2. The Morgan fingerprint density at radius 2 is 1.65 bits per heavy atom. The molecule has 0 saturated heterocycles. The maximum absolute atomic E-state index is 13.9. The van der Waals surface area contributed by atoms with Crippen LogP contribution in [0, 0.1) is 24.5 Å². The number of amides is 1. The number of aliphatic hydroxyl groups excluding tert-OH is 1. The Hall–Kier alpha value is -3.13. The lowest BCUT2D eigenvalue weighted by atomic mass is 9.99. The summed E-state index contributed by atoms with van der Waals surface area (Å²) in [6.07, 6.45) is 0.0134. The minimum Gasteiger partial charge on any atom is -0.390 e. The summed E-state index contributed by atoms with van der Waals surface area (Å²) in [5.74, 6) is -1.21. The van der Waals surface area contributed by atoms with Gasteiger partial charge in [-0.15, -0.1) is 0 Å². The average molecular weight is 552 g/mol. The number of benzene rings is 3. The van der Waals surface area contributed by atoms with Crippen molar-refractivity contribution in [1.82, 2.24) is 15.5 Å². The van der Waals surface area contributed by atoms with Gasteiger partial charge in [0.1, 0.15) is 11.6 Å². The van der Waals surface area contributed by atoms with Crippen molar-refractivity contribution >= 4 is 5.91 Å². The van der Waals surface area contributed by atoms with Crippen LogP contribution in [0.5, 0.6) is 0 Å². The van der Waals surface area contributed by atoms with Crippen LogP contribution >= 0.6 is 0 Å². The first-order valence-electron chi connectivity index (χ1n) is 14.0. The zero-order valence-electron chi connectivity index (χ0n) is 24.3. The molecule has 3 aromatic carbocycles. The van der Waals surface area contributed by atoms with Crippen LogP contribution in [0.1, 0.15) is 58.9 Å². The smallest absolute Gasteiger partial charge is 0.251 e. The molecule has 0 aliphatic carbocycles. The van der Waals surface area contributed by atoms with Gasteiger partial charge >= 0.3 is 0 Å². The topological polar surface area (TPSA) is 64.6 Å². The minimum absolute atomic E-state index is 0.0738. The molecule has 2 atom stereocenters. The third-order valence-electron chi connectivity index (χ3n) is 6.77. The van der Waals surface area contributed by atoms with Gasteiger partial charge in [0.15, 0.2) is 0 Å². The lowest BCUT2D eigenvalue weighted by Crippen LogP contribution is -2.48. The molecular weight excluding hydrogens is 508 g/mol. The van der Waals surface area contributed by atoms with Crippen molar-refractivity contribution in [2.75, 3.05) is 20.1 Å². The number of carbonyl (C=O) groups excluding carboxylic acids is 1. The molecule has 40 heavy (non-hydrogen) atoms. The van der Waals surface area contributed by atoms with E-state index in [-0.39, 0.29) is 18.9 Å². The summed E-state index contributed by atoms with van der Waals surface area (Å²) in [4.78, 5) is 15.6. The number of rotatable bonds is 14. The number of halogens is 2. The van der Waals surface area contributed by atoms with Gasteiger partial charge in [0.2, 0.25) is 0 Å². The van der Waals surface area contributed by atoms with Crippen molar-refractivity contribution in [3.63, 3.8) is 0 Å². The molecule has 0 unspecified atom stereocenters. The fraction of sp³-hybridized carbons (Fsp3) is 0.424. The van der Waals surface area contributed by atoms with Crippen molar-refractivity contribution in [2.24, 2.45) is 5.92 Å². The third kappa shape index (κ3) is 10.1. The van der Waals surface area contributed by atoms with Gasteiger partial charge in [-0.25, -0.2) is 8.78 Å². The van der Waals surface area contributed by atoms with Gasteiger partial charge < -0.3 is 20.6 Å². The number of nitrogens with one attached hydrogen (secondary N) is 2. The van der Waals surface area contributed by atoms with E-state index in [1.165, 1.54) is 17.7 Å². The summed E-state index contributed by atoms with van der Waals surface area (Å²) >= 11 is 0. The molecule has 216 valence electrons. The highest BCUT2D eigenvalue weighted by Gasteiger charge is 2.23. The van der Waals surface area contributed by atoms with Crippen LogP contribution in [0.15, 0.2) is 60.7 Å². The maximum atomic E-state index is 13.9. The molecule has 7 heteroatoms. The first-order valence-corrected chi connectivity index (χ1v) is 14.0. The van der Waals surface area contributed by atoms with Gasteiger partial charge in [-0.3, -0.25) is 4.79 Å². The molecular formula is C33H43F2N3O2. The Bertz CT molecular complexity index is 1240. The molecule has 0 saturated carbocycles. The highest BCUT2D eigenvalue weighted by atomic mass is 19.1. The van der Waals surface area contributed by atoms with Crippen LogP contribution in [-0.2, 0) is 25.9 Å². The average Bonchev–Trinajstić information content (AvgIpc) is 2.86. The molecule has 3 rings (SSSR count). The molecule has 0 aliphatic rings. The molecule has 0 radical (unpaired) electrons. The van der Waals surface area contributed by atoms with Crippen molar-refractivity contribution in [3.05, 3.63) is 106 Å². The summed E-state index contributed by atoms with van der Waals surface area (Å²) in [6.45, 7) is 10.8. The first kappa shape index (κ1) is 31.4. The monoisotopic (exact) mass is 551 g/mol. The molecule has 0 heterocycles. The van der Waals surface area contributed by atoms with Crippen molar-refractivity contribution in [2.45, 2.75) is 65.8 Å². The number of carbonyl (C=O) groups is 1. The Labute approximate surface area is 237 Å². The summed E-state index contributed by atoms with van der Waals surface area (Å²) in [5, 5.41) is 17.3. The highest BCUT2D eigenvalue weighted by Crippen LogP contribution is 2.16. The molecule has 0 aromatic heterocycles. The third-order valence-corrected chi connectivity index (χ3v) is 6.77. The van der Waals surface area contributed by atoms with Crippen molar-refractivity contribution < 1.29 is 18.7 Å². The predicted octanol–water partition coefficient (Wildman–Crippen LogP) is 5.42. The number of nitrogens with zero attached hydrogens (tertiary/aromatic N) is 1. The molecule has 0 spiro atoms. The van der Waals surface area contributed by atoms with E-state index in [4.69, 9.17) is 0 Å². The fourth-order valence-corrected chi connectivity index (χ4v) is 5.07. The van der Waals surface area contributed by atoms with Crippen LogP contribution in [0.2, 0.25) is 0 Å². The Kier molecular flexibility index (Phi) is 11.8. The van der Waals surface area contributed by atoms with E-state index in [0.29, 0.717) is 30.1 Å². The largest absolute Gasteiger partial charge is 0.390 e. The summed E-state index contributed by atoms with van der Waals surface area (Å²) in [7, 11) is 2.05. The van der Waals surface area contributed by atoms with E-state index >= 15 is 0 Å². The number of hydrogen-bond donors (Lipinski definition) is 3. The minimum atomic E-state index is -0.994. The number of aliphatic hydroxyl groups is 1. The lowest BCUT2D eigenvalue weighted by molar-refractivity contribution is 0.0829. The zero-order valence-corrected chi connectivity index (χ0v) is 24.3. The van der Waals surface area contributed by atoms with Gasteiger partial charge in [-0.2, -0.15) is 0 Å². The Morgan fingerprint density at radius 3 is 2.33 bits per heavy atom. The SMILES string of the molecule is CCc1cccc(CNC[C@H](O)[C@H](Cc2cc(F)cc(F)c2)NC(=O)c2cc(C)cc(CN(C)CC(C)C)c2)c1. The normalized spacial score (nSPS) is 13.1. The molecule has 3 aromatic rings. The number of aryl methyl sites for hydroxylation is 2. The summed E-state index contributed by atoms with van der Waals surface area (Å²) in [6, 6.07) is 16.4. The first-order chi connectivity index (χ1) is 19.0. The van der Waals surface area contributed by atoms with E-state index in [0.717, 1.165) is 35.7 Å². The van der Waals surface area contributed by atoms with Crippen LogP contribution in [0.3, 0.4) is 0 Å². The van der Waals surface area contributed by atoms with E-state index in [1.54, 1.807) is 0 Å². The molecule has 0 aliphatic heterocycles. The summed E-state index contributed by atoms with van der Waals surface area (Å²) in [5.41, 5.74) is 5.15. The van der Waals surface area contributed by atoms with E-state index < -0.39 is 23.8 Å². The molecule has 0 bridgehead atoms. The van der Waals surface area contributed by atoms with Gasteiger partial charge in [-0.05, 0) is 79.3 Å². The quantitative estimate of drug-likeness (QED) is 0.251. The van der Waals surface area contributed by atoms with Crippen LogP contribution in [0.4, 0.5) is 8.78 Å². The second-order valence-corrected chi connectivity index (χ2v) is 11.2. The Morgan fingerprint density at radius 1 is 0.950 bits per heavy atom. The fourth-order valence-electron chi connectivity index (χ4n) is 5.07. The van der Waals surface area contributed by atoms with Crippen LogP contribution in [-0.4, -0.2) is 48.2 Å².